The highest BCUT2D eigenvalue weighted by Gasteiger charge is 2.35. The van der Waals surface area contributed by atoms with Crippen LogP contribution in [0.25, 0.3) is 0 Å². The third kappa shape index (κ3) is 2.29. The van der Waals surface area contributed by atoms with Crippen molar-refractivity contribution in [1.29, 1.82) is 0 Å². The van der Waals surface area contributed by atoms with E-state index in [0.29, 0.717) is 11.2 Å². The molecule has 4 nitrogen and oxygen atoms in total. The van der Waals surface area contributed by atoms with E-state index in [0.717, 1.165) is 13.1 Å². The number of nitrogens with zero attached hydrogens (tertiary/aromatic N) is 2. The Bertz CT molecular complexity index is 385. The van der Waals surface area contributed by atoms with Crippen molar-refractivity contribution in [2.24, 2.45) is 5.41 Å². The zero-order valence-electron chi connectivity index (χ0n) is 10.9. The summed E-state index contributed by atoms with van der Waals surface area (Å²) in [4.78, 5) is 6.63. The lowest BCUT2D eigenvalue weighted by atomic mass is 9.71. The number of aromatic nitrogens is 1. The first kappa shape index (κ1) is 11.8. The van der Waals surface area contributed by atoms with Gasteiger partial charge < -0.3 is 16.0 Å². The minimum Gasteiger partial charge on any atom is -0.384 e. The number of piperidine rings is 2. The van der Waals surface area contributed by atoms with Crippen LogP contribution in [0.3, 0.4) is 0 Å². The summed E-state index contributed by atoms with van der Waals surface area (Å²) in [6, 6.07) is 3.98. The third-order valence-electron chi connectivity index (χ3n) is 4.62. The Morgan fingerprint density at radius 3 is 2.44 bits per heavy atom. The van der Waals surface area contributed by atoms with Gasteiger partial charge in [-0.05, 0) is 56.3 Å². The molecule has 2 saturated heterocycles. The fourth-order valence-electron chi connectivity index (χ4n) is 3.28. The lowest BCUT2D eigenvalue weighted by Gasteiger charge is -2.45. The first-order valence-corrected chi connectivity index (χ1v) is 6.95. The number of hydrogen-bond donors (Lipinski definition) is 2. The van der Waals surface area contributed by atoms with E-state index in [-0.39, 0.29) is 0 Å². The first-order valence-electron chi connectivity index (χ1n) is 6.95. The summed E-state index contributed by atoms with van der Waals surface area (Å²) >= 11 is 0. The molecule has 4 heteroatoms. The van der Waals surface area contributed by atoms with E-state index in [1.54, 1.807) is 0 Å². The Kier molecular flexibility index (Phi) is 3.12. The summed E-state index contributed by atoms with van der Waals surface area (Å²) < 4.78 is 0. The topological polar surface area (TPSA) is 54.2 Å². The molecule has 1 aromatic rings. The molecule has 2 aliphatic rings. The van der Waals surface area contributed by atoms with Crippen LogP contribution in [0.4, 0.5) is 11.5 Å². The maximum atomic E-state index is 5.63. The SMILES string of the molecule is Nc1ccc(N2CCC3(CCNCC3)CC2)cn1. The van der Waals surface area contributed by atoms with E-state index < -0.39 is 0 Å². The molecule has 2 fully saturated rings. The molecule has 18 heavy (non-hydrogen) atoms. The second kappa shape index (κ2) is 4.76. The van der Waals surface area contributed by atoms with Gasteiger partial charge in [-0.3, -0.25) is 0 Å². The van der Waals surface area contributed by atoms with Gasteiger partial charge in [-0.2, -0.15) is 0 Å². The van der Waals surface area contributed by atoms with E-state index in [1.807, 2.05) is 12.3 Å². The molecule has 3 N–H and O–H groups in total. The average molecular weight is 246 g/mol. The van der Waals surface area contributed by atoms with Gasteiger partial charge in [-0.15, -0.1) is 0 Å². The molecule has 0 bridgehead atoms. The molecule has 1 aromatic heterocycles. The summed E-state index contributed by atoms with van der Waals surface area (Å²) in [7, 11) is 0. The van der Waals surface area contributed by atoms with Gasteiger partial charge in [-0.25, -0.2) is 4.98 Å². The minimum absolute atomic E-state index is 0.602. The van der Waals surface area contributed by atoms with Gasteiger partial charge in [0.15, 0.2) is 0 Å². The molecule has 0 amide bonds. The van der Waals surface area contributed by atoms with Crippen LogP contribution >= 0.6 is 0 Å². The van der Waals surface area contributed by atoms with E-state index in [4.69, 9.17) is 5.73 Å². The van der Waals surface area contributed by atoms with Gasteiger partial charge in [0.25, 0.3) is 0 Å². The van der Waals surface area contributed by atoms with Gasteiger partial charge in [-0.1, -0.05) is 0 Å². The van der Waals surface area contributed by atoms with E-state index in [2.05, 4.69) is 21.3 Å². The predicted octanol–water partition coefficient (Wildman–Crippen LogP) is 1.63. The van der Waals surface area contributed by atoms with Crippen molar-refractivity contribution in [1.82, 2.24) is 10.3 Å². The molecule has 0 unspecified atom stereocenters. The Labute approximate surface area is 109 Å². The van der Waals surface area contributed by atoms with Gasteiger partial charge in [0.2, 0.25) is 0 Å². The fourth-order valence-corrected chi connectivity index (χ4v) is 3.28. The first-order chi connectivity index (χ1) is 8.77. The van der Waals surface area contributed by atoms with Crippen LogP contribution in [0.5, 0.6) is 0 Å². The number of pyridine rings is 1. The van der Waals surface area contributed by atoms with Gasteiger partial charge in [0.1, 0.15) is 5.82 Å². The summed E-state index contributed by atoms with van der Waals surface area (Å²) in [5.41, 5.74) is 7.46. The number of rotatable bonds is 1. The maximum absolute atomic E-state index is 5.63. The van der Waals surface area contributed by atoms with Gasteiger partial charge in [0.05, 0.1) is 11.9 Å². The Morgan fingerprint density at radius 2 is 1.83 bits per heavy atom. The van der Waals surface area contributed by atoms with Gasteiger partial charge in [0, 0.05) is 13.1 Å². The molecule has 3 rings (SSSR count). The molecule has 0 aliphatic carbocycles. The summed E-state index contributed by atoms with van der Waals surface area (Å²) in [5, 5.41) is 3.47. The van der Waals surface area contributed by atoms with E-state index >= 15 is 0 Å². The van der Waals surface area contributed by atoms with Crippen LogP contribution in [0.1, 0.15) is 25.7 Å². The summed E-state index contributed by atoms with van der Waals surface area (Å²) in [5.74, 6) is 0.602. The Hall–Kier alpha value is -1.29. The van der Waals surface area contributed by atoms with Gasteiger partial charge >= 0.3 is 0 Å². The maximum Gasteiger partial charge on any atom is 0.123 e. The highest BCUT2D eigenvalue weighted by Crippen LogP contribution is 2.40. The fraction of sp³-hybridized carbons (Fsp3) is 0.643. The molecule has 3 heterocycles. The highest BCUT2D eigenvalue weighted by atomic mass is 15.1. The van der Waals surface area contributed by atoms with Crippen molar-refractivity contribution in [3.05, 3.63) is 18.3 Å². The average Bonchev–Trinajstić information content (AvgIpc) is 2.42. The third-order valence-corrected chi connectivity index (χ3v) is 4.62. The largest absolute Gasteiger partial charge is 0.384 e. The van der Waals surface area contributed by atoms with Crippen LogP contribution in [-0.2, 0) is 0 Å². The van der Waals surface area contributed by atoms with Crippen LogP contribution in [0.2, 0.25) is 0 Å². The quantitative estimate of drug-likeness (QED) is 0.791. The Morgan fingerprint density at radius 1 is 1.11 bits per heavy atom. The van der Waals surface area contributed by atoms with Crippen LogP contribution < -0.4 is 16.0 Å². The molecule has 0 atom stereocenters. The monoisotopic (exact) mass is 246 g/mol. The molecule has 0 radical (unpaired) electrons. The van der Waals surface area contributed by atoms with Crippen molar-refractivity contribution in [2.75, 3.05) is 36.8 Å². The van der Waals surface area contributed by atoms with Crippen molar-refractivity contribution in [3.63, 3.8) is 0 Å². The second-order valence-corrected chi connectivity index (χ2v) is 5.68. The molecule has 0 aromatic carbocycles. The van der Waals surface area contributed by atoms with Crippen molar-refractivity contribution < 1.29 is 0 Å². The predicted molar refractivity (Wildman–Crippen MR) is 74.6 cm³/mol. The van der Waals surface area contributed by atoms with Crippen LogP contribution in [0.15, 0.2) is 18.3 Å². The summed E-state index contributed by atoms with van der Waals surface area (Å²) in [6.45, 7) is 4.71. The number of hydrogen-bond acceptors (Lipinski definition) is 4. The smallest absolute Gasteiger partial charge is 0.123 e. The number of nitrogen functional groups attached to an aromatic ring is 1. The molecular weight excluding hydrogens is 224 g/mol. The van der Waals surface area contributed by atoms with Crippen LogP contribution in [-0.4, -0.2) is 31.2 Å². The summed E-state index contributed by atoms with van der Waals surface area (Å²) in [6.07, 6.45) is 7.23. The molecular formula is C14H22N4. The number of nitrogens with one attached hydrogen (secondary N) is 1. The zero-order chi connectivity index (χ0) is 12.4. The second-order valence-electron chi connectivity index (χ2n) is 5.68. The molecule has 1 spiro atoms. The number of nitrogens with two attached hydrogens (primary N) is 1. The minimum atomic E-state index is 0.602. The lowest BCUT2D eigenvalue weighted by Crippen LogP contribution is -2.45. The number of anilines is 2. The molecule has 2 aliphatic heterocycles. The highest BCUT2D eigenvalue weighted by molar-refractivity contribution is 5.48. The Balaban J connectivity index is 1.64. The lowest BCUT2D eigenvalue weighted by molar-refractivity contribution is 0.155. The van der Waals surface area contributed by atoms with Crippen LogP contribution in [0, 0.1) is 5.41 Å². The van der Waals surface area contributed by atoms with E-state index in [9.17, 15) is 0 Å². The normalized spacial score (nSPS) is 23.2. The van der Waals surface area contributed by atoms with Crippen molar-refractivity contribution in [2.45, 2.75) is 25.7 Å². The molecule has 0 saturated carbocycles. The standard InChI is InChI=1S/C14H22N4/c15-13-2-1-12(11-17-13)18-9-5-14(6-10-18)3-7-16-8-4-14/h1-2,11,16H,3-10H2,(H2,15,17). The van der Waals surface area contributed by atoms with Crippen molar-refractivity contribution >= 4 is 11.5 Å². The molecule has 98 valence electrons. The van der Waals surface area contributed by atoms with Crippen molar-refractivity contribution in [3.8, 4) is 0 Å². The van der Waals surface area contributed by atoms with E-state index in [1.165, 1.54) is 44.5 Å². The zero-order valence-corrected chi connectivity index (χ0v) is 10.9.